The minimum Gasteiger partial charge on any atom is -0.567 e. The summed E-state index contributed by atoms with van der Waals surface area (Å²) in [6.07, 6.45) is 5.14. The van der Waals surface area contributed by atoms with Crippen LogP contribution in [0.5, 0.6) is 0 Å². The van der Waals surface area contributed by atoms with E-state index < -0.39 is 0 Å². The van der Waals surface area contributed by atoms with Crippen LogP contribution in [0.2, 0.25) is 0 Å². The van der Waals surface area contributed by atoms with Crippen molar-refractivity contribution in [3.63, 3.8) is 0 Å². The summed E-state index contributed by atoms with van der Waals surface area (Å²) in [5, 5.41) is 1.77. The van der Waals surface area contributed by atoms with Crippen molar-refractivity contribution in [2.45, 2.75) is 13.3 Å². The summed E-state index contributed by atoms with van der Waals surface area (Å²) in [5.74, 6) is 0.676. The zero-order chi connectivity index (χ0) is 7.84. The second-order valence-electron chi connectivity index (χ2n) is 2.90. The van der Waals surface area contributed by atoms with Crippen molar-refractivity contribution in [3.8, 4) is 0 Å². The molecule has 12 heavy (non-hydrogen) atoms. The van der Waals surface area contributed by atoms with Gasteiger partial charge in [-0.2, -0.15) is 5.95 Å². The van der Waals surface area contributed by atoms with Crippen LogP contribution >= 0.6 is 0 Å². The van der Waals surface area contributed by atoms with Gasteiger partial charge in [0.05, 0.1) is 0 Å². The molecule has 1 aliphatic rings. The van der Waals surface area contributed by atoms with Crippen LogP contribution in [0.1, 0.15) is 13.3 Å². The number of hydrogen-bond donors (Lipinski definition) is 0. The second-order valence-corrected chi connectivity index (χ2v) is 2.90. The summed E-state index contributed by atoms with van der Waals surface area (Å²) in [6, 6.07) is 0. The Morgan fingerprint density at radius 2 is 2.42 bits per heavy atom. The van der Waals surface area contributed by atoms with Crippen molar-refractivity contribution in [2.24, 2.45) is 5.92 Å². The third-order valence-corrected chi connectivity index (χ3v) is 1.84. The molecule has 1 aliphatic carbocycles. The Balaban J connectivity index is 0.000000720. The predicted molar refractivity (Wildman–Crippen MR) is 43.5 cm³/mol. The van der Waals surface area contributed by atoms with Gasteiger partial charge in [-0.3, -0.25) is 0 Å². The molecule has 0 radical (unpaired) electrons. The zero-order valence-corrected chi connectivity index (χ0v) is 11.0. The van der Waals surface area contributed by atoms with Crippen LogP contribution in [0.3, 0.4) is 0 Å². The quantitative estimate of drug-likeness (QED) is 0.646. The molecule has 3 nitrogen and oxygen atoms in total. The Kier molecular flexibility index (Phi) is 3.03. The van der Waals surface area contributed by atoms with Crippen LogP contribution in [-0.4, -0.2) is 4.98 Å². The van der Waals surface area contributed by atoms with Crippen LogP contribution < -0.4 is 15.7 Å². The maximum atomic E-state index is 7.19. The summed E-state index contributed by atoms with van der Waals surface area (Å²) in [4.78, 5) is 7.92. The molecule has 0 amide bonds. The molecule has 0 bridgehead atoms. The van der Waals surface area contributed by atoms with Crippen molar-refractivity contribution in [1.82, 2.24) is 9.97 Å². The van der Waals surface area contributed by atoms with Gasteiger partial charge in [0.1, 0.15) is 0 Å². The second kappa shape index (κ2) is 3.68. The molecule has 1 atom stereocenters. The van der Waals surface area contributed by atoms with Gasteiger partial charge in [-0.05, 0) is 12.3 Å². The van der Waals surface area contributed by atoms with E-state index in [1.807, 2.05) is 6.08 Å². The number of fused-ring (bicyclic) bond motifs is 1. The molecule has 0 spiro atoms. The van der Waals surface area contributed by atoms with Gasteiger partial charge >= 0.3 is 31.1 Å². The molecule has 0 aliphatic heterocycles. The first-order valence-electron chi connectivity index (χ1n) is 3.70. The van der Waals surface area contributed by atoms with Crippen molar-refractivity contribution < 1.29 is 31.1 Å². The molecule has 1 aromatic rings. The Bertz CT molecular complexity index is 379. The molecule has 0 saturated heterocycles. The van der Waals surface area contributed by atoms with Gasteiger partial charge in [-0.15, -0.1) is 0 Å². The van der Waals surface area contributed by atoms with Crippen molar-refractivity contribution in [2.75, 3.05) is 0 Å². The smallest absolute Gasteiger partial charge is 0.567 e. The van der Waals surface area contributed by atoms with E-state index >= 15 is 0 Å². The molecule has 1 heterocycles. The average Bonchev–Trinajstić information content (AvgIpc) is 2.27. The maximum absolute atomic E-state index is 7.19. The Hall–Kier alpha value is -0.198. The van der Waals surface area contributed by atoms with Crippen LogP contribution in [0, 0.1) is 37.0 Å². The Morgan fingerprint density at radius 3 is 3.17 bits per heavy atom. The van der Waals surface area contributed by atoms with Gasteiger partial charge in [0, 0.05) is 0 Å². The van der Waals surface area contributed by atoms with Crippen LogP contribution in [0.15, 0.2) is 0 Å². The first-order valence-corrected chi connectivity index (χ1v) is 3.70. The molecule has 60 valence electrons. The minimum absolute atomic E-state index is 0. The van der Waals surface area contributed by atoms with E-state index in [0.717, 1.165) is 17.1 Å². The van der Waals surface area contributed by atoms with E-state index in [0.29, 0.717) is 5.92 Å². The summed E-state index contributed by atoms with van der Waals surface area (Å²) in [6.45, 7) is 2.14. The molecule has 0 saturated carbocycles. The number of aromatic nitrogens is 2. The fourth-order valence-corrected chi connectivity index (χ4v) is 1.28. The SMILES string of the molecule is CC1C=c2nc([NH-])[n-]c2=CC1.[U+2]. The zero-order valence-electron chi connectivity index (χ0n) is 6.83. The van der Waals surface area contributed by atoms with Crippen molar-refractivity contribution >= 4 is 18.1 Å². The number of hydrogen-bond acceptors (Lipinski definition) is 1. The van der Waals surface area contributed by atoms with E-state index in [2.05, 4.69) is 23.0 Å². The Morgan fingerprint density at radius 1 is 1.67 bits per heavy atom. The molecular weight excluding hydrogens is 376 g/mol. The summed E-state index contributed by atoms with van der Waals surface area (Å²) in [7, 11) is 0. The Labute approximate surface area is 94.5 Å². The first-order chi connectivity index (χ1) is 5.25. The number of rotatable bonds is 0. The number of nitrogens with one attached hydrogen (secondary N) is 1. The van der Waals surface area contributed by atoms with E-state index in [4.69, 9.17) is 5.73 Å². The van der Waals surface area contributed by atoms with Crippen LogP contribution in [-0.2, 0) is 0 Å². The van der Waals surface area contributed by atoms with Gasteiger partial charge < -0.3 is 15.7 Å². The molecule has 0 aromatic carbocycles. The maximum Gasteiger partial charge on any atom is 2.00 e. The van der Waals surface area contributed by atoms with Gasteiger partial charge in [0.15, 0.2) is 0 Å². The monoisotopic (exact) mass is 385 g/mol. The molecule has 1 N–H and O–H groups in total. The topological polar surface area (TPSA) is 50.8 Å². The molecule has 0 fully saturated rings. The summed E-state index contributed by atoms with van der Waals surface area (Å²) >= 11 is 0. The minimum atomic E-state index is 0. The largest absolute Gasteiger partial charge is 2.00 e. The normalized spacial score (nSPS) is 19.9. The average molecular weight is 385 g/mol. The van der Waals surface area contributed by atoms with Gasteiger partial charge in [-0.25, -0.2) is 0 Å². The first kappa shape index (κ1) is 9.89. The molecule has 1 unspecified atom stereocenters. The van der Waals surface area contributed by atoms with Crippen LogP contribution in [0.4, 0.5) is 5.95 Å². The van der Waals surface area contributed by atoms with Crippen molar-refractivity contribution in [1.29, 1.82) is 0 Å². The fourth-order valence-electron chi connectivity index (χ4n) is 1.28. The van der Waals surface area contributed by atoms with E-state index in [1.165, 1.54) is 0 Å². The van der Waals surface area contributed by atoms with Gasteiger partial charge in [0.2, 0.25) is 0 Å². The van der Waals surface area contributed by atoms with Gasteiger partial charge in [-0.1, -0.05) is 29.8 Å². The number of imidazole rings is 1. The standard InChI is InChI=1S/C8H9N3.U/c1-5-2-3-6-7(4-5)11-8(9)10-6;/h3-5H,2H2,1H3,(H-2,9,10,11);/q-2;+2. The number of nitrogens with zero attached hydrogens (tertiary/aromatic N) is 2. The van der Waals surface area contributed by atoms with Crippen LogP contribution in [0.25, 0.3) is 17.9 Å². The molecular formula is C8H9N3U. The van der Waals surface area contributed by atoms with Gasteiger partial charge in [0.25, 0.3) is 0 Å². The van der Waals surface area contributed by atoms with E-state index in [1.54, 1.807) is 0 Å². The summed E-state index contributed by atoms with van der Waals surface area (Å²) in [5.41, 5.74) is 7.19. The third-order valence-electron chi connectivity index (χ3n) is 1.84. The van der Waals surface area contributed by atoms with Crippen molar-refractivity contribution in [3.05, 3.63) is 16.4 Å². The molecule has 2 rings (SSSR count). The predicted octanol–water partition coefficient (Wildman–Crippen LogP) is 0.323. The third kappa shape index (κ3) is 1.75. The van der Waals surface area contributed by atoms with E-state index in [9.17, 15) is 0 Å². The molecule has 1 aromatic heterocycles. The van der Waals surface area contributed by atoms with E-state index in [-0.39, 0.29) is 37.1 Å². The molecule has 4 heteroatoms. The fraction of sp³-hybridized carbons (Fsp3) is 0.375. The summed E-state index contributed by atoms with van der Waals surface area (Å²) < 4.78 is 0.